The van der Waals surface area contributed by atoms with Crippen molar-refractivity contribution in [2.24, 2.45) is 5.73 Å². The summed E-state index contributed by atoms with van der Waals surface area (Å²) in [6.45, 7) is 0. The first kappa shape index (κ1) is 12.0. The molecule has 2 nitrogen and oxygen atoms in total. The zero-order valence-electron chi connectivity index (χ0n) is 7.96. The van der Waals surface area contributed by atoms with Crippen molar-refractivity contribution in [3.05, 3.63) is 52.2 Å². The van der Waals surface area contributed by atoms with Crippen LogP contribution in [0, 0.1) is 0 Å². The van der Waals surface area contributed by atoms with E-state index in [4.69, 9.17) is 5.73 Å². The Balaban J connectivity index is 0.00000112. The molecule has 15 heavy (non-hydrogen) atoms. The molecular weight excluding hydrogens is 230 g/mol. The van der Waals surface area contributed by atoms with Gasteiger partial charge in [0.25, 0.3) is 0 Å². The molecule has 0 bridgehead atoms. The Morgan fingerprint density at radius 1 is 1.20 bits per heavy atom. The van der Waals surface area contributed by atoms with Crippen molar-refractivity contribution < 1.29 is 5.11 Å². The van der Waals surface area contributed by atoms with Crippen LogP contribution in [0.4, 0.5) is 0 Å². The number of phenolic OH excluding ortho intramolecular Hbond substituents is 1. The summed E-state index contributed by atoms with van der Waals surface area (Å²) in [4.78, 5) is 1.11. The number of nitrogens with two attached hydrogens (primary N) is 1. The fourth-order valence-corrected chi connectivity index (χ4v) is 2.10. The smallest absolute Gasteiger partial charge is 0.115 e. The van der Waals surface area contributed by atoms with Crippen LogP contribution in [0.1, 0.15) is 16.5 Å². The summed E-state index contributed by atoms with van der Waals surface area (Å²) < 4.78 is 0. The maximum absolute atomic E-state index is 9.31. The van der Waals surface area contributed by atoms with E-state index < -0.39 is 0 Å². The van der Waals surface area contributed by atoms with Crippen LogP contribution in [0.3, 0.4) is 0 Å². The molecule has 0 aliphatic heterocycles. The van der Waals surface area contributed by atoms with Gasteiger partial charge in [-0.05, 0) is 29.1 Å². The molecule has 0 saturated carbocycles. The molecule has 4 heteroatoms. The second-order valence-corrected chi connectivity index (χ2v) is 4.07. The highest BCUT2D eigenvalue weighted by Gasteiger charge is 2.09. The molecule has 3 N–H and O–H groups in total. The summed E-state index contributed by atoms with van der Waals surface area (Å²) in [5.74, 6) is 0.259. The molecule has 0 saturated heterocycles. The number of benzene rings is 1. The number of hydrogen-bond donors (Lipinski definition) is 2. The number of halogens is 1. The maximum atomic E-state index is 9.31. The zero-order chi connectivity index (χ0) is 9.97. The quantitative estimate of drug-likeness (QED) is 0.849. The first-order valence-electron chi connectivity index (χ1n) is 4.35. The monoisotopic (exact) mass is 241 g/mol. The first-order valence-corrected chi connectivity index (χ1v) is 5.23. The molecule has 0 fully saturated rings. The second-order valence-electron chi connectivity index (χ2n) is 3.09. The van der Waals surface area contributed by atoms with E-state index in [0.29, 0.717) is 0 Å². The number of thiophene rings is 1. The van der Waals surface area contributed by atoms with Crippen LogP contribution in [0.25, 0.3) is 0 Å². The fraction of sp³-hybridized carbons (Fsp3) is 0.0909. The van der Waals surface area contributed by atoms with Crippen molar-refractivity contribution in [3.63, 3.8) is 0 Å². The Hall–Kier alpha value is -1.03. The van der Waals surface area contributed by atoms with Gasteiger partial charge in [0.2, 0.25) is 0 Å². The van der Waals surface area contributed by atoms with E-state index in [1.165, 1.54) is 0 Å². The van der Waals surface area contributed by atoms with Gasteiger partial charge in [-0.15, -0.1) is 23.7 Å². The van der Waals surface area contributed by atoms with Crippen molar-refractivity contribution in [1.29, 1.82) is 0 Å². The summed E-state index contributed by atoms with van der Waals surface area (Å²) in [5.41, 5.74) is 6.97. The van der Waals surface area contributed by atoms with Gasteiger partial charge in [-0.2, -0.15) is 0 Å². The number of hydrogen-bond acceptors (Lipinski definition) is 3. The minimum absolute atomic E-state index is 0. The Bertz CT molecular complexity index is 416. The third-order valence-electron chi connectivity index (χ3n) is 2.08. The van der Waals surface area contributed by atoms with E-state index in [9.17, 15) is 5.11 Å². The summed E-state index contributed by atoms with van der Waals surface area (Å²) in [6.07, 6.45) is 0. The molecule has 1 heterocycles. The van der Waals surface area contributed by atoms with Gasteiger partial charge in [-0.25, -0.2) is 0 Å². The molecule has 1 aromatic heterocycles. The predicted molar refractivity (Wildman–Crippen MR) is 65.7 cm³/mol. The molecule has 2 aromatic rings. The topological polar surface area (TPSA) is 46.2 Å². The standard InChI is InChI=1S/C11H11NOS.ClH/c12-11(10-5-2-6-14-10)8-3-1-4-9(13)7-8;/h1-7,11,13H,12H2;1H/t11-;/m0./s1. The van der Waals surface area contributed by atoms with Gasteiger partial charge >= 0.3 is 0 Å². The third kappa shape index (κ3) is 2.72. The summed E-state index contributed by atoms with van der Waals surface area (Å²) in [6, 6.07) is 10.9. The molecule has 2 rings (SSSR count). The lowest BCUT2D eigenvalue weighted by atomic mass is 10.1. The molecule has 0 unspecified atom stereocenters. The number of rotatable bonds is 2. The SMILES string of the molecule is Cl.N[C@@H](c1cccc(O)c1)c1cccs1. The van der Waals surface area contributed by atoms with Gasteiger partial charge in [-0.3, -0.25) is 0 Å². The summed E-state index contributed by atoms with van der Waals surface area (Å²) >= 11 is 1.63. The Morgan fingerprint density at radius 2 is 2.00 bits per heavy atom. The van der Waals surface area contributed by atoms with E-state index in [2.05, 4.69) is 0 Å². The highest BCUT2D eigenvalue weighted by Crippen LogP contribution is 2.25. The van der Waals surface area contributed by atoms with E-state index in [-0.39, 0.29) is 24.2 Å². The van der Waals surface area contributed by atoms with Gasteiger partial charge in [0, 0.05) is 4.88 Å². The van der Waals surface area contributed by atoms with Crippen LogP contribution in [0.5, 0.6) is 5.75 Å². The van der Waals surface area contributed by atoms with Crippen LogP contribution in [-0.2, 0) is 0 Å². The third-order valence-corrected chi connectivity index (χ3v) is 3.03. The first-order chi connectivity index (χ1) is 6.77. The molecule has 1 atom stereocenters. The van der Waals surface area contributed by atoms with Crippen LogP contribution < -0.4 is 5.73 Å². The van der Waals surface area contributed by atoms with Gasteiger partial charge in [0.1, 0.15) is 5.75 Å². The van der Waals surface area contributed by atoms with E-state index in [1.807, 2.05) is 23.6 Å². The molecule has 0 aliphatic carbocycles. The van der Waals surface area contributed by atoms with Crippen LogP contribution in [0.2, 0.25) is 0 Å². The Kier molecular flexibility index (Phi) is 4.15. The van der Waals surface area contributed by atoms with E-state index in [0.717, 1.165) is 10.4 Å². The number of phenols is 1. The van der Waals surface area contributed by atoms with Gasteiger partial charge in [0.05, 0.1) is 6.04 Å². The maximum Gasteiger partial charge on any atom is 0.115 e. The molecule has 0 spiro atoms. The minimum Gasteiger partial charge on any atom is -0.508 e. The second kappa shape index (κ2) is 5.16. The van der Waals surface area contributed by atoms with Crippen molar-refractivity contribution in [2.75, 3.05) is 0 Å². The lowest BCUT2D eigenvalue weighted by Crippen LogP contribution is -2.09. The van der Waals surface area contributed by atoms with Gasteiger partial charge in [0.15, 0.2) is 0 Å². The van der Waals surface area contributed by atoms with Gasteiger partial charge < -0.3 is 10.8 Å². The average Bonchev–Trinajstić information content (AvgIpc) is 2.69. The van der Waals surface area contributed by atoms with Crippen LogP contribution in [0.15, 0.2) is 41.8 Å². The summed E-state index contributed by atoms with van der Waals surface area (Å²) in [5, 5.41) is 11.3. The highest BCUT2D eigenvalue weighted by molar-refractivity contribution is 7.10. The summed E-state index contributed by atoms with van der Waals surface area (Å²) in [7, 11) is 0. The lowest BCUT2D eigenvalue weighted by molar-refractivity contribution is 0.474. The predicted octanol–water partition coefficient (Wildman–Crippen LogP) is 2.92. The van der Waals surface area contributed by atoms with Crippen molar-refractivity contribution in [2.45, 2.75) is 6.04 Å². The molecule has 1 aromatic carbocycles. The van der Waals surface area contributed by atoms with Crippen molar-refractivity contribution in [3.8, 4) is 5.75 Å². The van der Waals surface area contributed by atoms with Gasteiger partial charge in [-0.1, -0.05) is 18.2 Å². The minimum atomic E-state index is -0.137. The largest absolute Gasteiger partial charge is 0.508 e. The fourth-order valence-electron chi connectivity index (χ4n) is 1.35. The molecule has 0 radical (unpaired) electrons. The average molecular weight is 242 g/mol. The number of aromatic hydroxyl groups is 1. The zero-order valence-corrected chi connectivity index (χ0v) is 9.59. The lowest BCUT2D eigenvalue weighted by Gasteiger charge is -2.09. The van der Waals surface area contributed by atoms with E-state index in [1.54, 1.807) is 29.5 Å². The van der Waals surface area contributed by atoms with Crippen LogP contribution >= 0.6 is 23.7 Å². The van der Waals surface area contributed by atoms with Crippen molar-refractivity contribution in [1.82, 2.24) is 0 Å². The molecule has 0 amide bonds. The molecule has 80 valence electrons. The molecular formula is C11H12ClNOS. The Morgan fingerprint density at radius 3 is 2.60 bits per heavy atom. The molecule has 0 aliphatic rings. The highest BCUT2D eigenvalue weighted by atomic mass is 35.5. The van der Waals surface area contributed by atoms with Crippen molar-refractivity contribution >= 4 is 23.7 Å². The normalized spacial score (nSPS) is 11.8. The Labute approximate surface area is 98.8 Å². The van der Waals surface area contributed by atoms with Crippen LogP contribution in [-0.4, -0.2) is 5.11 Å². The van der Waals surface area contributed by atoms with E-state index >= 15 is 0 Å².